The molecule has 0 aromatic heterocycles. The number of aliphatic hydroxyl groups is 1. The van der Waals surface area contributed by atoms with Gasteiger partial charge in [0.2, 0.25) is 0 Å². The van der Waals surface area contributed by atoms with Gasteiger partial charge < -0.3 is 10.4 Å². The van der Waals surface area contributed by atoms with E-state index in [9.17, 15) is 5.11 Å². The highest BCUT2D eigenvalue weighted by atomic mass is 35.5. The highest BCUT2D eigenvalue weighted by Crippen LogP contribution is 2.25. The fourth-order valence-corrected chi connectivity index (χ4v) is 2.63. The van der Waals surface area contributed by atoms with Crippen LogP contribution in [0.1, 0.15) is 24.8 Å². The highest BCUT2D eigenvalue weighted by Gasteiger charge is 2.24. The van der Waals surface area contributed by atoms with Gasteiger partial charge in [0.05, 0.1) is 16.1 Å². The standard InChI is InChI=1S/C13H17Cl2NO/c14-11-5-4-9(6-12(11)15)7-16-8-10-2-1-3-13(10)17/h4-6,10,13,16-17H,1-3,7-8H2. The molecule has 94 valence electrons. The second-order valence-electron chi connectivity index (χ2n) is 4.64. The Morgan fingerprint density at radius 3 is 2.71 bits per heavy atom. The van der Waals surface area contributed by atoms with Crippen molar-refractivity contribution in [3.8, 4) is 0 Å². The summed E-state index contributed by atoms with van der Waals surface area (Å²) in [5.41, 5.74) is 1.12. The molecule has 1 aliphatic carbocycles. The molecular weight excluding hydrogens is 257 g/mol. The fourth-order valence-electron chi connectivity index (χ4n) is 2.31. The molecule has 17 heavy (non-hydrogen) atoms. The molecule has 0 radical (unpaired) electrons. The lowest BCUT2D eigenvalue weighted by Crippen LogP contribution is -2.27. The number of halogens is 2. The average Bonchev–Trinajstić information content (AvgIpc) is 2.70. The normalized spacial score (nSPS) is 24.2. The van der Waals surface area contributed by atoms with E-state index in [1.54, 1.807) is 0 Å². The predicted octanol–water partition coefficient (Wildman–Crippen LogP) is 3.24. The molecule has 2 atom stereocenters. The zero-order valence-electron chi connectivity index (χ0n) is 9.63. The summed E-state index contributed by atoms with van der Waals surface area (Å²) in [6.07, 6.45) is 3.07. The monoisotopic (exact) mass is 273 g/mol. The molecule has 0 amide bonds. The molecule has 0 saturated heterocycles. The first-order chi connectivity index (χ1) is 8.16. The van der Waals surface area contributed by atoms with Crippen molar-refractivity contribution in [3.63, 3.8) is 0 Å². The molecule has 0 aliphatic heterocycles. The fraction of sp³-hybridized carbons (Fsp3) is 0.538. The summed E-state index contributed by atoms with van der Waals surface area (Å²) in [5.74, 6) is 0.401. The van der Waals surface area contributed by atoms with Gasteiger partial charge in [0.25, 0.3) is 0 Å². The lowest BCUT2D eigenvalue weighted by molar-refractivity contribution is 0.131. The second kappa shape index (κ2) is 6.05. The van der Waals surface area contributed by atoms with E-state index < -0.39 is 0 Å². The van der Waals surface area contributed by atoms with Gasteiger partial charge in [-0.25, -0.2) is 0 Å². The van der Waals surface area contributed by atoms with Gasteiger partial charge in [-0.05, 0) is 36.5 Å². The SMILES string of the molecule is OC1CCCC1CNCc1ccc(Cl)c(Cl)c1. The Kier molecular flexibility index (Phi) is 4.69. The van der Waals surface area contributed by atoms with E-state index in [-0.39, 0.29) is 6.10 Å². The van der Waals surface area contributed by atoms with E-state index in [0.717, 1.165) is 37.9 Å². The average molecular weight is 274 g/mol. The van der Waals surface area contributed by atoms with Gasteiger partial charge >= 0.3 is 0 Å². The summed E-state index contributed by atoms with van der Waals surface area (Å²) < 4.78 is 0. The summed E-state index contributed by atoms with van der Waals surface area (Å²) in [5, 5.41) is 14.2. The molecule has 0 bridgehead atoms. The van der Waals surface area contributed by atoms with Crippen molar-refractivity contribution in [2.75, 3.05) is 6.54 Å². The Morgan fingerprint density at radius 2 is 2.06 bits per heavy atom. The molecule has 1 aromatic carbocycles. The van der Waals surface area contributed by atoms with Crippen molar-refractivity contribution in [1.82, 2.24) is 5.32 Å². The van der Waals surface area contributed by atoms with E-state index in [1.165, 1.54) is 0 Å². The van der Waals surface area contributed by atoms with Crippen molar-refractivity contribution in [1.29, 1.82) is 0 Å². The number of benzene rings is 1. The molecule has 2 rings (SSSR count). The van der Waals surface area contributed by atoms with Gasteiger partial charge in [0.15, 0.2) is 0 Å². The summed E-state index contributed by atoms with van der Waals surface area (Å²) in [6, 6.07) is 5.65. The van der Waals surface area contributed by atoms with Crippen molar-refractivity contribution in [3.05, 3.63) is 33.8 Å². The summed E-state index contributed by atoms with van der Waals surface area (Å²) in [7, 11) is 0. The summed E-state index contributed by atoms with van der Waals surface area (Å²) in [4.78, 5) is 0. The zero-order chi connectivity index (χ0) is 12.3. The maximum Gasteiger partial charge on any atom is 0.0595 e. The van der Waals surface area contributed by atoms with Crippen LogP contribution in [0, 0.1) is 5.92 Å². The largest absolute Gasteiger partial charge is 0.393 e. The first-order valence-electron chi connectivity index (χ1n) is 5.99. The van der Waals surface area contributed by atoms with E-state index in [2.05, 4.69) is 5.32 Å². The predicted molar refractivity (Wildman–Crippen MR) is 71.5 cm³/mol. The van der Waals surface area contributed by atoms with Crippen LogP contribution in [-0.4, -0.2) is 17.8 Å². The van der Waals surface area contributed by atoms with Crippen LogP contribution in [-0.2, 0) is 6.54 Å². The summed E-state index contributed by atoms with van der Waals surface area (Å²) >= 11 is 11.8. The van der Waals surface area contributed by atoms with Crippen LogP contribution in [0.4, 0.5) is 0 Å². The van der Waals surface area contributed by atoms with Crippen LogP contribution in [0.25, 0.3) is 0 Å². The van der Waals surface area contributed by atoms with Gasteiger partial charge in [-0.1, -0.05) is 35.7 Å². The zero-order valence-corrected chi connectivity index (χ0v) is 11.1. The number of rotatable bonds is 4. The molecular formula is C13H17Cl2NO. The topological polar surface area (TPSA) is 32.3 Å². The van der Waals surface area contributed by atoms with Crippen molar-refractivity contribution in [2.45, 2.75) is 31.9 Å². The maximum atomic E-state index is 9.69. The minimum Gasteiger partial charge on any atom is -0.393 e. The highest BCUT2D eigenvalue weighted by molar-refractivity contribution is 6.42. The Bertz CT molecular complexity index is 384. The molecule has 2 unspecified atom stereocenters. The van der Waals surface area contributed by atoms with E-state index in [1.807, 2.05) is 18.2 Å². The van der Waals surface area contributed by atoms with Gasteiger partial charge in [-0.2, -0.15) is 0 Å². The second-order valence-corrected chi connectivity index (χ2v) is 5.45. The Labute approximate surface area is 112 Å². The number of hydrogen-bond acceptors (Lipinski definition) is 2. The molecule has 1 saturated carbocycles. The molecule has 4 heteroatoms. The van der Waals surface area contributed by atoms with Gasteiger partial charge in [0.1, 0.15) is 0 Å². The molecule has 2 nitrogen and oxygen atoms in total. The lowest BCUT2D eigenvalue weighted by Gasteiger charge is -2.15. The first-order valence-corrected chi connectivity index (χ1v) is 6.75. The molecule has 2 N–H and O–H groups in total. The van der Waals surface area contributed by atoms with Crippen molar-refractivity contribution < 1.29 is 5.11 Å². The first kappa shape index (κ1) is 13.2. The Balaban J connectivity index is 1.79. The number of aliphatic hydroxyl groups excluding tert-OH is 1. The van der Waals surface area contributed by atoms with E-state index >= 15 is 0 Å². The van der Waals surface area contributed by atoms with Crippen LogP contribution in [0.3, 0.4) is 0 Å². The van der Waals surface area contributed by atoms with Crippen LogP contribution < -0.4 is 5.32 Å². The maximum absolute atomic E-state index is 9.69. The smallest absolute Gasteiger partial charge is 0.0595 e. The van der Waals surface area contributed by atoms with Crippen LogP contribution in [0.2, 0.25) is 10.0 Å². The minimum absolute atomic E-state index is 0.128. The Hall–Kier alpha value is -0.280. The van der Waals surface area contributed by atoms with Gasteiger partial charge in [0, 0.05) is 13.1 Å². The van der Waals surface area contributed by atoms with Gasteiger partial charge in [-0.15, -0.1) is 0 Å². The van der Waals surface area contributed by atoms with Crippen LogP contribution in [0.15, 0.2) is 18.2 Å². The van der Waals surface area contributed by atoms with Crippen LogP contribution >= 0.6 is 23.2 Å². The van der Waals surface area contributed by atoms with E-state index in [4.69, 9.17) is 23.2 Å². The van der Waals surface area contributed by atoms with E-state index in [0.29, 0.717) is 16.0 Å². The molecule has 0 spiro atoms. The minimum atomic E-state index is -0.128. The molecule has 1 fully saturated rings. The molecule has 0 heterocycles. The summed E-state index contributed by atoms with van der Waals surface area (Å²) in [6.45, 7) is 1.63. The molecule has 1 aliphatic rings. The quantitative estimate of drug-likeness (QED) is 0.883. The van der Waals surface area contributed by atoms with Crippen molar-refractivity contribution >= 4 is 23.2 Å². The number of hydrogen-bond donors (Lipinski definition) is 2. The number of nitrogens with one attached hydrogen (secondary N) is 1. The Morgan fingerprint density at radius 1 is 1.24 bits per heavy atom. The third-order valence-corrected chi connectivity index (χ3v) is 4.08. The molecule has 1 aromatic rings. The third kappa shape index (κ3) is 3.59. The van der Waals surface area contributed by atoms with Crippen molar-refractivity contribution in [2.24, 2.45) is 5.92 Å². The third-order valence-electron chi connectivity index (χ3n) is 3.34. The van der Waals surface area contributed by atoms with Gasteiger partial charge in [-0.3, -0.25) is 0 Å². The van der Waals surface area contributed by atoms with Crippen LogP contribution in [0.5, 0.6) is 0 Å². The lowest BCUT2D eigenvalue weighted by atomic mass is 10.1.